The fourth-order valence-corrected chi connectivity index (χ4v) is 3.39. The molecule has 0 bridgehead atoms. The molecule has 1 fully saturated rings. The third kappa shape index (κ3) is 5.29. The van der Waals surface area contributed by atoms with E-state index in [1.165, 1.54) is 24.4 Å². The quantitative estimate of drug-likeness (QED) is 0.408. The number of Topliss-reactive ketones (excluding diaryl/α,β-unsaturated/α-hetero) is 1. The maximum atomic E-state index is 13.3. The molecule has 1 saturated heterocycles. The van der Waals surface area contributed by atoms with Crippen molar-refractivity contribution < 1.29 is 14.0 Å². The predicted octanol–water partition coefficient (Wildman–Crippen LogP) is 3.47. The van der Waals surface area contributed by atoms with Crippen molar-refractivity contribution in [3.8, 4) is 0 Å². The molecule has 29 heavy (non-hydrogen) atoms. The fourth-order valence-electron chi connectivity index (χ4n) is 3.01. The van der Waals surface area contributed by atoms with Crippen molar-refractivity contribution >= 4 is 50.8 Å². The Bertz CT molecular complexity index is 929. The zero-order valence-electron chi connectivity index (χ0n) is 15.4. The lowest BCUT2D eigenvalue weighted by Gasteiger charge is -2.31. The summed E-state index contributed by atoms with van der Waals surface area (Å²) < 4.78 is 13.5. The monoisotopic (exact) mass is 462 g/mol. The van der Waals surface area contributed by atoms with Crippen molar-refractivity contribution in [3.63, 3.8) is 0 Å². The van der Waals surface area contributed by atoms with Crippen molar-refractivity contribution in [2.24, 2.45) is 5.92 Å². The number of piperidine rings is 1. The number of carbonyl (C=O) groups is 2. The maximum absolute atomic E-state index is 13.3. The Kier molecular flexibility index (Phi) is 6.42. The number of carbonyl (C=O) groups excluding carboxylic acids is 2. The third-order valence-corrected chi connectivity index (χ3v) is 5.23. The van der Waals surface area contributed by atoms with E-state index in [4.69, 9.17) is 11.1 Å². The van der Waals surface area contributed by atoms with E-state index >= 15 is 0 Å². The largest absolute Gasteiger partial charge is 0.384 e. The number of amides is 2. The minimum absolute atomic E-state index is 0.248. The average molecular weight is 463 g/mol. The van der Waals surface area contributed by atoms with E-state index in [0.717, 1.165) is 0 Å². The van der Waals surface area contributed by atoms with E-state index < -0.39 is 5.82 Å². The van der Waals surface area contributed by atoms with Crippen LogP contribution in [-0.4, -0.2) is 40.6 Å². The van der Waals surface area contributed by atoms with Crippen LogP contribution in [0, 0.1) is 17.1 Å². The first-order chi connectivity index (χ1) is 13.8. The Morgan fingerprint density at radius 1 is 1.17 bits per heavy atom. The maximum Gasteiger partial charge on any atom is 0.321 e. The number of urea groups is 1. The summed E-state index contributed by atoms with van der Waals surface area (Å²) in [5.74, 6) is -0.978. The summed E-state index contributed by atoms with van der Waals surface area (Å²) >= 11 is 3.07. The summed E-state index contributed by atoms with van der Waals surface area (Å²) in [6, 6.07) is 7.16. The summed E-state index contributed by atoms with van der Waals surface area (Å²) in [5, 5.41) is 13.5. The fraction of sp³-hybridized carbons (Fsp3) is 0.263. The van der Waals surface area contributed by atoms with Crippen molar-refractivity contribution in [3.05, 3.63) is 46.8 Å². The minimum atomic E-state index is -0.422. The van der Waals surface area contributed by atoms with Gasteiger partial charge in [-0.1, -0.05) is 0 Å². The Morgan fingerprint density at radius 3 is 2.48 bits per heavy atom. The van der Waals surface area contributed by atoms with E-state index in [0.29, 0.717) is 43.1 Å². The van der Waals surface area contributed by atoms with Crippen molar-refractivity contribution in [2.45, 2.75) is 12.8 Å². The molecule has 0 radical (unpaired) electrons. The summed E-state index contributed by atoms with van der Waals surface area (Å²) in [7, 11) is 0. The van der Waals surface area contributed by atoms with E-state index in [1.807, 2.05) is 0 Å². The molecule has 2 heterocycles. The van der Waals surface area contributed by atoms with Crippen LogP contribution in [0.25, 0.3) is 0 Å². The number of halogens is 2. The lowest BCUT2D eigenvalue weighted by molar-refractivity contribution is -0.117. The zero-order chi connectivity index (χ0) is 21.0. The van der Waals surface area contributed by atoms with Crippen LogP contribution >= 0.6 is 15.9 Å². The van der Waals surface area contributed by atoms with Gasteiger partial charge < -0.3 is 21.3 Å². The number of nitrogens with one attached hydrogen (secondary N) is 3. The highest BCUT2D eigenvalue weighted by Gasteiger charge is 2.29. The number of benzene rings is 1. The SMILES string of the molecule is N=C(Nc1ccc(F)c(Br)c1)C(=O)C1CCN(C(=O)Nc2ccc(N)nc2)CC1. The number of nitrogen functional groups attached to an aromatic ring is 1. The highest BCUT2D eigenvalue weighted by molar-refractivity contribution is 9.10. The molecule has 2 aromatic rings. The van der Waals surface area contributed by atoms with Gasteiger partial charge in [-0.2, -0.15) is 0 Å². The Labute approximate surface area is 175 Å². The van der Waals surface area contributed by atoms with Gasteiger partial charge in [0.2, 0.25) is 5.78 Å². The number of hydrogen-bond acceptors (Lipinski definition) is 5. The van der Waals surface area contributed by atoms with Gasteiger partial charge in [0, 0.05) is 24.7 Å². The molecule has 10 heteroatoms. The average Bonchev–Trinajstić information content (AvgIpc) is 2.72. The Morgan fingerprint density at radius 2 is 1.86 bits per heavy atom. The van der Waals surface area contributed by atoms with E-state index in [1.54, 1.807) is 17.0 Å². The molecule has 1 aromatic carbocycles. The van der Waals surface area contributed by atoms with Gasteiger partial charge in [-0.25, -0.2) is 14.2 Å². The number of nitrogens with zero attached hydrogens (tertiary/aromatic N) is 2. The first kappa shape index (κ1) is 20.7. The van der Waals surface area contributed by atoms with E-state index in [-0.39, 0.29) is 28.0 Å². The number of likely N-dealkylation sites (tertiary alicyclic amines) is 1. The molecule has 1 aromatic heterocycles. The molecule has 0 saturated carbocycles. The number of hydrogen-bond donors (Lipinski definition) is 4. The molecular weight excluding hydrogens is 443 g/mol. The number of pyridine rings is 1. The summed E-state index contributed by atoms with van der Waals surface area (Å²) in [6.45, 7) is 0.806. The van der Waals surface area contributed by atoms with Gasteiger partial charge in [-0.3, -0.25) is 10.2 Å². The van der Waals surface area contributed by atoms with Crippen LogP contribution in [0.2, 0.25) is 0 Å². The number of amidine groups is 1. The minimum Gasteiger partial charge on any atom is -0.384 e. The van der Waals surface area contributed by atoms with Gasteiger partial charge in [-0.05, 0) is 59.1 Å². The summed E-state index contributed by atoms with van der Waals surface area (Å²) in [5.41, 5.74) is 6.51. The lowest BCUT2D eigenvalue weighted by Crippen LogP contribution is -2.44. The molecular formula is C19H20BrFN6O2. The van der Waals surface area contributed by atoms with Crippen LogP contribution in [0.1, 0.15) is 12.8 Å². The standard InChI is InChI=1S/C19H20BrFN6O2/c20-14-9-12(1-3-15(14)21)25-18(23)17(28)11-5-7-27(8-6-11)19(29)26-13-2-4-16(22)24-10-13/h1-4,9-11H,5-8H2,(H2,22,24)(H2,23,25)(H,26,29). The summed E-state index contributed by atoms with van der Waals surface area (Å²) in [6.07, 6.45) is 2.40. The van der Waals surface area contributed by atoms with Gasteiger partial charge in [-0.15, -0.1) is 0 Å². The molecule has 0 unspecified atom stereocenters. The molecule has 5 N–H and O–H groups in total. The Hall–Kier alpha value is -3.01. The van der Waals surface area contributed by atoms with Gasteiger partial charge in [0.05, 0.1) is 16.4 Å². The van der Waals surface area contributed by atoms with Crippen LogP contribution in [0.15, 0.2) is 41.0 Å². The smallest absolute Gasteiger partial charge is 0.321 e. The molecule has 3 rings (SSSR count). The second-order valence-electron chi connectivity index (χ2n) is 6.66. The first-order valence-corrected chi connectivity index (χ1v) is 9.75. The molecule has 1 aliphatic heterocycles. The summed E-state index contributed by atoms with van der Waals surface area (Å²) in [4.78, 5) is 30.4. The molecule has 8 nitrogen and oxygen atoms in total. The van der Waals surface area contributed by atoms with Crippen molar-refractivity contribution in [2.75, 3.05) is 29.5 Å². The topological polar surface area (TPSA) is 124 Å². The second-order valence-corrected chi connectivity index (χ2v) is 7.51. The third-order valence-electron chi connectivity index (χ3n) is 4.63. The predicted molar refractivity (Wildman–Crippen MR) is 112 cm³/mol. The van der Waals surface area contributed by atoms with E-state index in [2.05, 4.69) is 31.5 Å². The zero-order valence-corrected chi connectivity index (χ0v) is 17.0. The van der Waals surface area contributed by atoms with Crippen LogP contribution in [0.3, 0.4) is 0 Å². The van der Waals surface area contributed by atoms with Gasteiger partial charge in [0.25, 0.3) is 0 Å². The van der Waals surface area contributed by atoms with Crippen molar-refractivity contribution in [1.82, 2.24) is 9.88 Å². The number of aromatic nitrogens is 1. The molecule has 152 valence electrons. The molecule has 0 atom stereocenters. The highest BCUT2D eigenvalue weighted by atomic mass is 79.9. The van der Waals surface area contributed by atoms with Gasteiger partial charge in [0.1, 0.15) is 11.6 Å². The molecule has 1 aliphatic rings. The van der Waals surface area contributed by atoms with Crippen LogP contribution in [0.5, 0.6) is 0 Å². The molecule has 0 aliphatic carbocycles. The second kappa shape index (κ2) is 8.99. The number of rotatable bonds is 4. The highest BCUT2D eigenvalue weighted by Crippen LogP contribution is 2.22. The van der Waals surface area contributed by atoms with Crippen LogP contribution in [-0.2, 0) is 4.79 Å². The molecule has 0 spiro atoms. The number of anilines is 3. The van der Waals surface area contributed by atoms with Crippen LogP contribution < -0.4 is 16.4 Å². The first-order valence-electron chi connectivity index (χ1n) is 8.96. The number of nitrogens with two attached hydrogens (primary N) is 1. The van der Waals surface area contributed by atoms with Crippen LogP contribution in [0.4, 0.5) is 26.4 Å². The van der Waals surface area contributed by atoms with Gasteiger partial charge >= 0.3 is 6.03 Å². The normalized spacial score (nSPS) is 14.3. The van der Waals surface area contributed by atoms with Crippen molar-refractivity contribution in [1.29, 1.82) is 5.41 Å². The number of ketones is 1. The molecule has 2 amide bonds. The van der Waals surface area contributed by atoms with E-state index in [9.17, 15) is 14.0 Å². The van der Waals surface area contributed by atoms with Gasteiger partial charge in [0.15, 0.2) is 5.84 Å². The lowest BCUT2D eigenvalue weighted by atomic mass is 9.92. The Balaban J connectivity index is 1.50.